The summed E-state index contributed by atoms with van der Waals surface area (Å²) in [5.41, 5.74) is 4.85. The maximum absolute atomic E-state index is 4.85. The van der Waals surface area contributed by atoms with Crippen molar-refractivity contribution in [3.05, 3.63) is 0 Å². The minimum atomic E-state index is 0.750. The Morgan fingerprint density at radius 3 is 1.60 bits per heavy atom. The van der Waals surface area contributed by atoms with E-state index in [0.717, 1.165) is 6.54 Å². The summed E-state index contributed by atoms with van der Waals surface area (Å²) < 4.78 is 0. The lowest BCUT2D eigenvalue weighted by Crippen LogP contribution is -1.87. The van der Waals surface area contributed by atoms with Crippen LogP contribution < -0.4 is 5.73 Å². The Balaban J connectivity index is 0. The zero-order chi connectivity index (χ0) is 4.71. The van der Waals surface area contributed by atoms with Gasteiger partial charge in [0.05, 0.1) is 0 Å². The normalized spacial score (nSPS) is 4.80. The SMILES string of the molecule is CCN.II. The molecule has 0 bridgehead atoms. The quantitative estimate of drug-likeness (QED) is 0.677. The third kappa shape index (κ3) is 31.4. The summed E-state index contributed by atoms with van der Waals surface area (Å²) in [5.74, 6) is 0. The summed E-state index contributed by atoms with van der Waals surface area (Å²) >= 11 is 4.24. The fourth-order valence-corrected chi connectivity index (χ4v) is 0. The molecule has 0 fully saturated rings. The molecule has 0 aromatic carbocycles. The van der Waals surface area contributed by atoms with Gasteiger partial charge in [-0.15, -0.1) is 0 Å². The number of nitrogens with two attached hydrogens (primary N) is 1. The van der Waals surface area contributed by atoms with Crippen LogP contribution in [0.4, 0.5) is 0 Å². The number of hydrogen-bond donors (Lipinski definition) is 1. The van der Waals surface area contributed by atoms with Crippen molar-refractivity contribution in [2.45, 2.75) is 6.92 Å². The lowest BCUT2D eigenvalue weighted by molar-refractivity contribution is 1.14. The molecule has 0 radical (unpaired) electrons. The van der Waals surface area contributed by atoms with Crippen LogP contribution in [0.2, 0.25) is 0 Å². The molecule has 0 aliphatic heterocycles. The summed E-state index contributed by atoms with van der Waals surface area (Å²) in [6.07, 6.45) is 0. The van der Waals surface area contributed by atoms with E-state index in [-0.39, 0.29) is 0 Å². The van der Waals surface area contributed by atoms with Crippen LogP contribution >= 0.6 is 37.2 Å². The second-order valence-corrected chi connectivity index (χ2v) is 0.408. The lowest BCUT2D eigenvalue weighted by Gasteiger charge is -1.53. The van der Waals surface area contributed by atoms with Crippen molar-refractivity contribution >= 4 is 37.2 Å². The van der Waals surface area contributed by atoms with Gasteiger partial charge in [-0.05, 0) is 6.54 Å². The van der Waals surface area contributed by atoms with Crippen LogP contribution in [0, 0.1) is 0 Å². The topological polar surface area (TPSA) is 26.0 Å². The van der Waals surface area contributed by atoms with E-state index >= 15 is 0 Å². The number of hydrogen-bond acceptors (Lipinski definition) is 1. The molecule has 34 valence electrons. The smallest absolute Gasteiger partial charge is 0 e. The van der Waals surface area contributed by atoms with E-state index in [1.807, 2.05) is 6.92 Å². The van der Waals surface area contributed by atoms with Crippen LogP contribution in [0.1, 0.15) is 6.92 Å². The second-order valence-electron chi connectivity index (χ2n) is 0.408. The highest BCUT2D eigenvalue weighted by Gasteiger charge is 1.32. The molecular weight excluding hydrogens is 292 g/mol. The average Bonchev–Trinajstić information content (AvgIpc) is 1.46. The molecule has 0 rings (SSSR count). The first-order valence-corrected chi connectivity index (χ1v) is 7.54. The molecule has 0 aromatic rings. The third-order valence-electron chi connectivity index (χ3n) is 0. The van der Waals surface area contributed by atoms with E-state index in [0.29, 0.717) is 0 Å². The van der Waals surface area contributed by atoms with Gasteiger partial charge in [0.1, 0.15) is 0 Å². The van der Waals surface area contributed by atoms with Gasteiger partial charge in [-0.2, -0.15) is 0 Å². The predicted octanol–water partition coefficient (Wildman–Crippen LogP) is 1.74. The summed E-state index contributed by atoms with van der Waals surface area (Å²) in [7, 11) is 0. The van der Waals surface area contributed by atoms with Gasteiger partial charge in [0, 0.05) is 37.2 Å². The molecular formula is C2H7I2N. The Morgan fingerprint density at radius 2 is 1.60 bits per heavy atom. The van der Waals surface area contributed by atoms with Crippen LogP contribution in [0.25, 0.3) is 0 Å². The van der Waals surface area contributed by atoms with E-state index in [2.05, 4.69) is 37.2 Å². The fraction of sp³-hybridized carbons (Fsp3) is 1.00. The molecule has 0 atom stereocenters. The maximum atomic E-state index is 4.85. The van der Waals surface area contributed by atoms with Crippen molar-refractivity contribution < 1.29 is 0 Å². The largest absolute Gasteiger partial charge is 0.331 e. The predicted molar refractivity (Wildman–Crippen MR) is 42.8 cm³/mol. The Hall–Kier alpha value is 1.42. The van der Waals surface area contributed by atoms with Crippen LogP contribution in [0.5, 0.6) is 0 Å². The van der Waals surface area contributed by atoms with Crippen LogP contribution in [-0.4, -0.2) is 6.54 Å². The van der Waals surface area contributed by atoms with Gasteiger partial charge in [0.15, 0.2) is 0 Å². The van der Waals surface area contributed by atoms with E-state index in [1.54, 1.807) is 0 Å². The molecule has 3 heteroatoms. The van der Waals surface area contributed by atoms with Crippen molar-refractivity contribution in [2.75, 3.05) is 6.54 Å². The van der Waals surface area contributed by atoms with E-state index in [9.17, 15) is 0 Å². The highest BCUT2D eigenvalue weighted by atomic mass is 128. The zero-order valence-corrected chi connectivity index (χ0v) is 7.36. The van der Waals surface area contributed by atoms with Gasteiger partial charge in [0.25, 0.3) is 0 Å². The Kier molecular flexibility index (Phi) is 34.9. The minimum Gasteiger partial charge on any atom is -0.331 e. The highest BCUT2D eigenvalue weighted by Crippen LogP contribution is 1.89. The zero-order valence-electron chi connectivity index (χ0n) is 3.04. The van der Waals surface area contributed by atoms with E-state index in [4.69, 9.17) is 5.73 Å². The molecule has 0 spiro atoms. The van der Waals surface area contributed by atoms with Gasteiger partial charge >= 0.3 is 0 Å². The van der Waals surface area contributed by atoms with Crippen molar-refractivity contribution in [1.29, 1.82) is 0 Å². The van der Waals surface area contributed by atoms with Crippen molar-refractivity contribution in [3.8, 4) is 0 Å². The van der Waals surface area contributed by atoms with E-state index < -0.39 is 0 Å². The molecule has 0 aliphatic rings. The van der Waals surface area contributed by atoms with Gasteiger partial charge in [-0.3, -0.25) is 0 Å². The molecule has 5 heavy (non-hydrogen) atoms. The van der Waals surface area contributed by atoms with Gasteiger partial charge in [0.2, 0.25) is 0 Å². The van der Waals surface area contributed by atoms with Gasteiger partial charge in [-0.1, -0.05) is 6.92 Å². The van der Waals surface area contributed by atoms with Crippen molar-refractivity contribution in [2.24, 2.45) is 5.73 Å². The fourth-order valence-electron chi connectivity index (χ4n) is 0. The summed E-state index contributed by atoms with van der Waals surface area (Å²) in [4.78, 5) is 0. The van der Waals surface area contributed by atoms with Crippen molar-refractivity contribution in [1.82, 2.24) is 0 Å². The Labute approximate surface area is 56.0 Å². The first-order chi connectivity index (χ1) is 2.41. The molecule has 2 N–H and O–H groups in total. The molecule has 0 aromatic heterocycles. The van der Waals surface area contributed by atoms with Crippen LogP contribution in [-0.2, 0) is 0 Å². The minimum absolute atomic E-state index is 0.750. The first-order valence-electron chi connectivity index (χ1n) is 1.26. The summed E-state index contributed by atoms with van der Waals surface area (Å²) in [6.45, 7) is 2.65. The molecule has 0 amide bonds. The van der Waals surface area contributed by atoms with Crippen LogP contribution in [0.15, 0.2) is 0 Å². The van der Waals surface area contributed by atoms with Gasteiger partial charge < -0.3 is 5.73 Å². The van der Waals surface area contributed by atoms with Gasteiger partial charge in [-0.25, -0.2) is 0 Å². The first kappa shape index (κ1) is 9.65. The number of halogens is 2. The molecule has 0 aliphatic carbocycles. The number of rotatable bonds is 0. The highest BCUT2D eigenvalue weighted by molar-refractivity contribution is 15.0. The third-order valence-corrected chi connectivity index (χ3v) is 0. The molecule has 0 saturated heterocycles. The molecule has 0 heterocycles. The Bertz CT molecular complexity index is 7.61. The molecule has 0 unspecified atom stereocenters. The monoisotopic (exact) mass is 299 g/mol. The lowest BCUT2D eigenvalue weighted by atomic mass is 10.8. The van der Waals surface area contributed by atoms with Crippen LogP contribution in [0.3, 0.4) is 0 Å². The second kappa shape index (κ2) is 18.1. The molecule has 1 nitrogen and oxygen atoms in total. The Morgan fingerprint density at radius 1 is 1.60 bits per heavy atom. The average molecular weight is 299 g/mol. The maximum Gasteiger partial charge on any atom is 0 e. The molecule has 0 saturated carbocycles. The standard InChI is InChI=1S/C2H7N.I2/c1-2-3;1-2/h2-3H2,1H3;. The summed E-state index contributed by atoms with van der Waals surface area (Å²) in [5, 5.41) is 0. The summed E-state index contributed by atoms with van der Waals surface area (Å²) in [6, 6.07) is 0. The van der Waals surface area contributed by atoms with E-state index in [1.165, 1.54) is 0 Å². The van der Waals surface area contributed by atoms with Crippen molar-refractivity contribution in [3.63, 3.8) is 0 Å².